The molecule has 0 unspecified atom stereocenters. The summed E-state index contributed by atoms with van der Waals surface area (Å²) in [5.41, 5.74) is -0.0459. The number of rotatable bonds is 7. The van der Waals surface area contributed by atoms with Crippen LogP contribution in [0.5, 0.6) is 0 Å². The van der Waals surface area contributed by atoms with Gasteiger partial charge in [-0.15, -0.1) is 0 Å². The first-order valence-corrected chi connectivity index (χ1v) is 7.34. The molecule has 8 nitrogen and oxygen atoms in total. The van der Waals surface area contributed by atoms with Gasteiger partial charge in [-0.05, 0) is 24.3 Å². The number of carbonyl (C=O) groups excluding carboxylic acids is 4. The van der Waals surface area contributed by atoms with Gasteiger partial charge in [-0.1, -0.05) is 36.4 Å². The van der Waals surface area contributed by atoms with Crippen LogP contribution in [0.25, 0.3) is 0 Å². The zero-order valence-corrected chi connectivity index (χ0v) is 13.2. The van der Waals surface area contributed by atoms with Crippen molar-refractivity contribution in [1.82, 2.24) is 0 Å². The zero-order valence-electron chi connectivity index (χ0n) is 13.2. The van der Waals surface area contributed by atoms with Crippen molar-refractivity contribution in [2.45, 2.75) is 12.2 Å². The van der Waals surface area contributed by atoms with E-state index in [1.54, 1.807) is 12.1 Å². The second-order valence-electron chi connectivity index (χ2n) is 5.02. The Labute approximate surface area is 147 Å². The minimum atomic E-state index is -2.39. The number of hydrogen-bond donors (Lipinski definition) is 0. The van der Waals surface area contributed by atoms with Crippen LogP contribution >= 0.6 is 0 Å². The molecule has 0 amide bonds. The fourth-order valence-electron chi connectivity index (χ4n) is 1.98. The molecule has 134 valence electrons. The molecule has 0 bridgehead atoms. The third-order valence-corrected chi connectivity index (χ3v) is 3.23. The largest absolute Gasteiger partial charge is 0.546 e. The van der Waals surface area contributed by atoms with Crippen LogP contribution in [0.4, 0.5) is 0 Å². The Balaban J connectivity index is 2.20. The lowest BCUT2D eigenvalue weighted by Crippen LogP contribution is -2.55. The molecule has 0 heterocycles. The molecule has 8 heteroatoms. The summed E-state index contributed by atoms with van der Waals surface area (Å²) in [5.74, 6) is -6.35. The van der Waals surface area contributed by atoms with Crippen LogP contribution in [0.3, 0.4) is 0 Å². The predicted molar refractivity (Wildman–Crippen MR) is 81.3 cm³/mol. The molecule has 2 rings (SSSR count). The fourth-order valence-corrected chi connectivity index (χ4v) is 1.98. The molecule has 0 N–H and O–H groups in total. The number of carbonyl (C=O) groups is 4. The quantitative estimate of drug-likeness (QED) is 0.573. The molecule has 0 radical (unpaired) electrons. The van der Waals surface area contributed by atoms with Gasteiger partial charge in [-0.25, -0.2) is 9.59 Å². The Morgan fingerprint density at radius 1 is 0.615 bits per heavy atom. The second-order valence-corrected chi connectivity index (χ2v) is 5.02. The highest BCUT2D eigenvalue weighted by molar-refractivity contribution is 5.94. The van der Waals surface area contributed by atoms with E-state index in [2.05, 4.69) is 9.47 Å². The first kappa shape index (κ1) is 18.7. The summed E-state index contributed by atoms with van der Waals surface area (Å²) in [5, 5.41) is 22.5. The topological polar surface area (TPSA) is 133 Å². The van der Waals surface area contributed by atoms with Crippen LogP contribution in [0.1, 0.15) is 20.7 Å². The van der Waals surface area contributed by atoms with Crippen molar-refractivity contribution in [3.63, 3.8) is 0 Å². The standard InChI is InChI=1S/C18H14O8/c19-15(20)13(25-17(23)11-7-3-1-4-8-11)14(16(21)22)26-18(24)12-9-5-2-6-10-12/h1-10,13-14H,(H,19,20)(H,21,22)/p-2/t13-,14-/m0/s1. The molecular weight excluding hydrogens is 344 g/mol. The first-order chi connectivity index (χ1) is 12.4. The fraction of sp³-hybridized carbons (Fsp3) is 0.111. The molecule has 0 saturated carbocycles. The van der Waals surface area contributed by atoms with E-state index < -0.39 is 36.1 Å². The molecule has 0 saturated heterocycles. The molecule has 0 aromatic heterocycles. The maximum atomic E-state index is 12.0. The van der Waals surface area contributed by atoms with E-state index in [0.717, 1.165) is 0 Å². The van der Waals surface area contributed by atoms with Gasteiger partial charge in [0.25, 0.3) is 0 Å². The Bertz CT molecular complexity index is 731. The Hall–Kier alpha value is -3.68. The van der Waals surface area contributed by atoms with Crippen LogP contribution in [0.15, 0.2) is 60.7 Å². The van der Waals surface area contributed by atoms with Crippen molar-refractivity contribution in [3.05, 3.63) is 71.8 Å². The van der Waals surface area contributed by atoms with E-state index in [1.165, 1.54) is 48.5 Å². The molecular formula is C18H12O8-2. The van der Waals surface area contributed by atoms with Crippen LogP contribution in [0.2, 0.25) is 0 Å². The SMILES string of the molecule is O=C(O[C@H](C(=O)[O-])[C@H](OC(=O)c1ccccc1)C(=O)[O-])c1ccccc1. The van der Waals surface area contributed by atoms with Crippen LogP contribution in [-0.2, 0) is 19.1 Å². The number of aliphatic carboxylic acids is 2. The smallest absolute Gasteiger partial charge is 0.338 e. The van der Waals surface area contributed by atoms with Gasteiger partial charge in [0, 0.05) is 0 Å². The van der Waals surface area contributed by atoms with Crippen molar-refractivity contribution in [2.24, 2.45) is 0 Å². The van der Waals surface area contributed by atoms with E-state index >= 15 is 0 Å². The van der Waals surface area contributed by atoms with Crippen LogP contribution < -0.4 is 10.2 Å². The molecule has 2 atom stereocenters. The van der Waals surface area contributed by atoms with Crippen molar-refractivity contribution < 1.29 is 38.9 Å². The van der Waals surface area contributed by atoms with Gasteiger partial charge in [0.1, 0.15) is 0 Å². The molecule has 26 heavy (non-hydrogen) atoms. The summed E-state index contributed by atoms with van der Waals surface area (Å²) in [4.78, 5) is 46.5. The number of carboxylic acid groups (broad SMARTS) is 2. The molecule has 0 spiro atoms. The molecule has 0 aliphatic heterocycles. The van der Waals surface area contributed by atoms with E-state index in [-0.39, 0.29) is 11.1 Å². The summed E-state index contributed by atoms with van der Waals surface area (Å²) < 4.78 is 9.32. The monoisotopic (exact) mass is 356 g/mol. The van der Waals surface area contributed by atoms with Crippen molar-refractivity contribution in [3.8, 4) is 0 Å². The molecule has 0 aliphatic carbocycles. The average Bonchev–Trinajstić information content (AvgIpc) is 2.65. The van der Waals surface area contributed by atoms with Crippen LogP contribution in [-0.4, -0.2) is 36.1 Å². The van der Waals surface area contributed by atoms with E-state index in [1.807, 2.05) is 0 Å². The first-order valence-electron chi connectivity index (χ1n) is 7.34. The lowest BCUT2D eigenvalue weighted by molar-refractivity contribution is -0.332. The molecule has 0 fully saturated rings. The number of benzene rings is 2. The minimum Gasteiger partial charge on any atom is -0.546 e. The molecule has 0 aliphatic rings. The third-order valence-electron chi connectivity index (χ3n) is 3.23. The lowest BCUT2D eigenvalue weighted by Gasteiger charge is -2.28. The van der Waals surface area contributed by atoms with E-state index in [0.29, 0.717) is 0 Å². The average molecular weight is 356 g/mol. The summed E-state index contributed by atoms with van der Waals surface area (Å²) >= 11 is 0. The number of hydrogen-bond acceptors (Lipinski definition) is 8. The van der Waals surface area contributed by atoms with Crippen molar-refractivity contribution in [2.75, 3.05) is 0 Å². The summed E-state index contributed by atoms with van der Waals surface area (Å²) in [7, 11) is 0. The van der Waals surface area contributed by atoms with Gasteiger partial charge in [-0.3, -0.25) is 0 Å². The normalized spacial score (nSPS) is 12.5. The summed E-state index contributed by atoms with van der Waals surface area (Å²) in [6.45, 7) is 0. The van der Waals surface area contributed by atoms with Gasteiger partial charge >= 0.3 is 11.9 Å². The summed E-state index contributed by atoms with van der Waals surface area (Å²) in [6, 6.07) is 14.5. The van der Waals surface area contributed by atoms with Crippen molar-refractivity contribution in [1.29, 1.82) is 0 Å². The third kappa shape index (κ3) is 4.67. The Morgan fingerprint density at radius 2 is 0.923 bits per heavy atom. The highest BCUT2D eigenvalue weighted by Gasteiger charge is 2.32. The van der Waals surface area contributed by atoms with Gasteiger partial charge in [0.05, 0.1) is 23.1 Å². The maximum Gasteiger partial charge on any atom is 0.338 e. The van der Waals surface area contributed by atoms with Crippen molar-refractivity contribution >= 4 is 23.9 Å². The second kappa shape index (κ2) is 8.43. The van der Waals surface area contributed by atoms with E-state index in [4.69, 9.17) is 0 Å². The number of esters is 2. The summed E-state index contributed by atoms with van der Waals surface area (Å²) in [6.07, 6.45) is -4.78. The van der Waals surface area contributed by atoms with Crippen LogP contribution in [0, 0.1) is 0 Å². The molecule has 2 aromatic carbocycles. The Kier molecular flexibility index (Phi) is 6.05. The maximum absolute atomic E-state index is 12.0. The van der Waals surface area contributed by atoms with E-state index in [9.17, 15) is 29.4 Å². The minimum absolute atomic E-state index is 0.0229. The highest BCUT2D eigenvalue weighted by atomic mass is 16.6. The zero-order chi connectivity index (χ0) is 19.1. The molecule has 2 aromatic rings. The van der Waals surface area contributed by atoms with Gasteiger partial charge in [0.2, 0.25) is 0 Å². The highest BCUT2D eigenvalue weighted by Crippen LogP contribution is 2.12. The predicted octanol–water partition coefficient (Wildman–Crippen LogP) is -1.06. The number of carboxylic acids is 2. The van der Waals surface area contributed by atoms with Gasteiger partial charge in [0.15, 0.2) is 12.2 Å². The number of ether oxygens (including phenoxy) is 2. The lowest BCUT2D eigenvalue weighted by atomic mass is 10.1. The Morgan fingerprint density at radius 3 is 1.19 bits per heavy atom. The van der Waals surface area contributed by atoms with Gasteiger partial charge < -0.3 is 29.3 Å². The van der Waals surface area contributed by atoms with Gasteiger partial charge in [-0.2, -0.15) is 0 Å².